The molecule has 0 radical (unpaired) electrons. The fourth-order valence-corrected chi connectivity index (χ4v) is 2.71. The number of halogens is 2. The second-order valence-electron chi connectivity index (χ2n) is 4.93. The molecule has 120 valence electrons. The zero-order valence-corrected chi connectivity index (χ0v) is 14.9. The van der Waals surface area contributed by atoms with Crippen LogP contribution >= 0.6 is 27.5 Å². The minimum absolute atomic E-state index is 0.115. The monoisotopic (exact) mass is 394 g/mol. The van der Waals surface area contributed by atoms with E-state index in [2.05, 4.69) is 21.2 Å². The number of anilines is 2. The van der Waals surface area contributed by atoms with Crippen molar-refractivity contribution in [2.24, 2.45) is 0 Å². The summed E-state index contributed by atoms with van der Waals surface area (Å²) in [5.41, 5.74) is 1.42. The van der Waals surface area contributed by atoms with Crippen molar-refractivity contribution >= 4 is 50.7 Å². The van der Waals surface area contributed by atoms with Crippen LogP contribution in [0.4, 0.5) is 11.4 Å². The molecule has 0 atom stereocenters. The maximum atomic E-state index is 12.0. The molecule has 0 aliphatic heterocycles. The number of para-hydroxylation sites is 1. The van der Waals surface area contributed by atoms with Crippen LogP contribution in [0.3, 0.4) is 0 Å². The summed E-state index contributed by atoms with van der Waals surface area (Å²) in [6.45, 7) is 1.79. The van der Waals surface area contributed by atoms with Gasteiger partial charge in [-0.1, -0.05) is 23.7 Å². The second-order valence-corrected chi connectivity index (χ2v) is 6.22. The summed E-state index contributed by atoms with van der Waals surface area (Å²) in [4.78, 5) is 25.5. The first kappa shape index (κ1) is 17.5. The van der Waals surface area contributed by atoms with Crippen LogP contribution in [0.1, 0.15) is 13.3 Å². The van der Waals surface area contributed by atoms with Crippen LogP contribution < -0.4 is 10.2 Å². The maximum absolute atomic E-state index is 12.0. The molecule has 0 saturated heterocycles. The summed E-state index contributed by atoms with van der Waals surface area (Å²) >= 11 is 9.23. The van der Waals surface area contributed by atoms with Gasteiger partial charge in [-0.3, -0.25) is 9.59 Å². The van der Waals surface area contributed by atoms with Crippen molar-refractivity contribution < 1.29 is 9.59 Å². The van der Waals surface area contributed by atoms with E-state index in [1.165, 1.54) is 6.92 Å². The van der Waals surface area contributed by atoms with Gasteiger partial charge in [0.2, 0.25) is 11.8 Å². The number of nitrogens with one attached hydrogen (secondary N) is 1. The summed E-state index contributed by atoms with van der Waals surface area (Å²) in [6, 6.07) is 14.3. The second kappa shape index (κ2) is 8.13. The number of hydrogen-bond acceptors (Lipinski definition) is 2. The van der Waals surface area contributed by atoms with Crippen LogP contribution in [0.2, 0.25) is 5.02 Å². The van der Waals surface area contributed by atoms with Gasteiger partial charge in [0.1, 0.15) is 0 Å². The molecule has 0 saturated carbocycles. The zero-order chi connectivity index (χ0) is 16.8. The Morgan fingerprint density at radius 1 is 1.13 bits per heavy atom. The molecule has 1 N–H and O–H groups in total. The molecular weight excluding hydrogens is 380 g/mol. The average Bonchev–Trinajstić information content (AvgIpc) is 2.51. The van der Waals surface area contributed by atoms with E-state index in [4.69, 9.17) is 11.6 Å². The van der Waals surface area contributed by atoms with Crippen molar-refractivity contribution in [1.29, 1.82) is 0 Å². The quantitative estimate of drug-likeness (QED) is 0.811. The van der Waals surface area contributed by atoms with E-state index in [0.29, 0.717) is 17.3 Å². The molecule has 6 heteroatoms. The Morgan fingerprint density at radius 3 is 2.39 bits per heavy atom. The Kier molecular flexibility index (Phi) is 6.19. The average molecular weight is 396 g/mol. The summed E-state index contributed by atoms with van der Waals surface area (Å²) in [6.07, 6.45) is 0.198. The largest absolute Gasteiger partial charge is 0.326 e. The Balaban J connectivity index is 1.99. The molecule has 23 heavy (non-hydrogen) atoms. The van der Waals surface area contributed by atoms with Crippen LogP contribution in [-0.4, -0.2) is 18.4 Å². The van der Waals surface area contributed by atoms with Gasteiger partial charge in [-0.2, -0.15) is 0 Å². The fourth-order valence-electron chi connectivity index (χ4n) is 2.09. The summed E-state index contributed by atoms with van der Waals surface area (Å²) in [7, 11) is 0. The van der Waals surface area contributed by atoms with E-state index in [1.54, 1.807) is 29.2 Å². The minimum atomic E-state index is -0.161. The molecule has 4 nitrogen and oxygen atoms in total. The first-order chi connectivity index (χ1) is 11.0. The van der Waals surface area contributed by atoms with Crippen LogP contribution in [0.25, 0.3) is 0 Å². The molecule has 0 unspecified atom stereocenters. The van der Waals surface area contributed by atoms with Crippen LogP contribution in [0, 0.1) is 0 Å². The SMILES string of the molecule is CC(=O)N(CCC(=O)Nc1ccc(Cl)cc1)c1ccccc1Br. The fraction of sp³-hybridized carbons (Fsp3) is 0.176. The standard InChI is InChI=1S/C17H16BrClN2O2/c1-12(22)21(16-5-3-2-4-15(16)18)11-10-17(23)20-14-8-6-13(19)7-9-14/h2-9H,10-11H2,1H3,(H,20,23). The van der Waals surface area contributed by atoms with Crippen molar-refractivity contribution in [3.8, 4) is 0 Å². The normalized spacial score (nSPS) is 10.2. The van der Waals surface area contributed by atoms with Crippen molar-refractivity contribution in [2.75, 3.05) is 16.8 Å². The van der Waals surface area contributed by atoms with Gasteiger partial charge in [0.05, 0.1) is 5.69 Å². The molecule has 0 heterocycles. The van der Waals surface area contributed by atoms with Crippen LogP contribution in [-0.2, 0) is 9.59 Å². The Morgan fingerprint density at radius 2 is 1.78 bits per heavy atom. The van der Waals surface area contributed by atoms with Crippen molar-refractivity contribution in [3.05, 3.63) is 58.0 Å². The van der Waals surface area contributed by atoms with Crippen LogP contribution in [0.15, 0.2) is 53.0 Å². The van der Waals surface area contributed by atoms with E-state index < -0.39 is 0 Å². The lowest BCUT2D eigenvalue weighted by Crippen LogP contribution is -2.32. The van der Waals surface area contributed by atoms with E-state index in [1.807, 2.05) is 24.3 Å². The number of benzene rings is 2. The van der Waals surface area contributed by atoms with E-state index >= 15 is 0 Å². The summed E-state index contributed by atoms with van der Waals surface area (Å²) < 4.78 is 0.813. The van der Waals surface area contributed by atoms with Gasteiger partial charge < -0.3 is 10.2 Å². The molecule has 0 bridgehead atoms. The lowest BCUT2D eigenvalue weighted by molar-refractivity contribution is -0.117. The predicted octanol–water partition coefficient (Wildman–Crippen LogP) is 4.48. The molecule has 2 aromatic carbocycles. The maximum Gasteiger partial charge on any atom is 0.226 e. The smallest absolute Gasteiger partial charge is 0.226 e. The lowest BCUT2D eigenvalue weighted by atomic mass is 10.2. The number of carbonyl (C=O) groups excluding carboxylic acids is 2. The van der Waals surface area contributed by atoms with E-state index in [-0.39, 0.29) is 18.2 Å². The van der Waals surface area contributed by atoms with Crippen LogP contribution in [0.5, 0.6) is 0 Å². The first-order valence-corrected chi connectivity index (χ1v) is 8.22. The molecule has 0 aromatic heterocycles. The topological polar surface area (TPSA) is 49.4 Å². The Hall–Kier alpha value is -1.85. The summed E-state index contributed by atoms with van der Waals surface area (Å²) in [5, 5.41) is 3.39. The van der Waals surface area contributed by atoms with Gasteiger partial charge in [-0.05, 0) is 52.3 Å². The lowest BCUT2D eigenvalue weighted by Gasteiger charge is -2.22. The predicted molar refractivity (Wildman–Crippen MR) is 96.9 cm³/mol. The van der Waals surface area contributed by atoms with Gasteiger partial charge in [0, 0.05) is 35.1 Å². The number of rotatable bonds is 5. The molecule has 0 aliphatic rings. The van der Waals surface area contributed by atoms with E-state index in [9.17, 15) is 9.59 Å². The third kappa shape index (κ3) is 5.08. The third-order valence-electron chi connectivity index (χ3n) is 3.21. The Bertz CT molecular complexity index is 704. The number of carbonyl (C=O) groups is 2. The minimum Gasteiger partial charge on any atom is -0.326 e. The van der Waals surface area contributed by atoms with Gasteiger partial charge in [-0.15, -0.1) is 0 Å². The molecule has 2 amide bonds. The highest BCUT2D eigenvalue weighted by Crippen LogP contribution is 2.26. The third-order valence-corrected chi connectivity index (χ3v) is 4.14. The molecule has 2 aromatic rings. The van der Waals surface area contributed by atoms with Gasteiger partial charge >= 0.3 is 0 Å². The molecule has 0 aliphatic carbocycles. The highest BCUT2D eigenvalue weighted by Gasteiger charge is 2.15. The van der Waals surface area contributed by atoms with Crippen molar-refractivity contribution in [2.45, 2.75) is 13.3 Å². The number of nitrogens with zero attached hydrogens (tertiary/aromatic N) is 1. The Labute approximate surface area is 148 Å². The zero-order valence-electron chi connectivity index (χ0n) is 12.6. The summed E-state index contributed by atoms with van der Waals surface area (Å²) in [5.74, 6) is -0.276. The van der Waals surface area contributed by atoms with Gasteiger partial charge in [0.15, 0.2) is 0 Å². The molecule has 0 spiro atoms. The number of amides is 2. The first-order valence-electron chi connectivity index (χ1n) is 7.05. The molecule has 2 rings (SSSR count). The number of hydrogen-bond donors (Lipinski definition) is 1. The highest BCUT2D eigenvalue weighted by molar-refractivity contribution is 9.10. The van der Waals surface area contributed by atoms with E-state index in [0.717, 1.165) is 10.2 Å². The van der Waals surface area contributed by atoms with Gasteiger partial charge in [0.25, 0.3) is 0 Å². The molecule has 0 fully saturated rings. The highest BCUT2D eigenvalue weighted by atomic mass is 79.9. The van der Waals surface area contributed by atoms with Crippen molar-refractivity contribution in [3.63, 3.8) is 0 Å². The van der Waals surface area contributed by atoms with Gasteiger partial charge in [-0.25, -0.2) is 0 Å². The molecular formula is C17H16BrClN2O2. The van der Waals surface area contributed by atoms with Crippen molar-refractivity contribution in [1.82, 2.24) is 0 Å².